The third-order valence-electron chi connectivity index (χ3n) is 4.43. The number of ether oxygens (including phenoxy) is 2. The van der Waals surface area contributed by atoms with Gasteiger partial charge >= 0.3 is 0 Å². The smallest absolute Gasteiger partial charge is 0.243 e. The van der Waals surface area contributed by atoms with Gasteiger partial charge in [-0.1, -0.05) is 6.92 Å². The molecule has 1 atom stereocenters. The highest BCUT2D eigenvalue weighted by Gasteiger charge is 2.28. The Kier molecular flexibility index (Phi) is 6.29. The molecule has 1 aliphatic rings. The van der Waals surface area contributed by atoms with Gasteiger partial charge in [0.1, 0.15) is 0 Å². The second-order valence-electron chi connectivity index (χ2n) is 6.37. The van der Waals surface area contributed by atoms with Crippen LogP contribution in [-0.2, 0) is 14.8 Å². The van der Waals surface area contributed by atoms with E-state index >= 15 is 0 Å². The number of carbonyl (C=O) groups excluding carboxylic acids is 1. The van der Waals surface area contributed by atoms with E-state index in [0.717, 1.165) is 17.1 Å². The largest absolute Gasteiger partial charge is 0.493 e. The van der Waals surface area contributed by atoms with Crippen LogP contribution < -0.4 is 9.47 Å². The Balaban J connectivity index is 2.14. The number of amides is 1. The molecule has 0 N–H and O–H groups in total. The summed E-state index contributed by atoms with van der Waals surface area (Å²) in [6.07, 6.45) is 2.06. The summed E-state index contributed by atoms with van der Waals surface area (Å²) in [6.45, 7) is 3.30. The lowest BCUT2D eigenvalue weighted by Crippen LogP contribution is -2.45. The molecule has 0 radical (unpaired) electrons. The van der Waals surface area contributed by atoms with Crippen LogP contribution >= 0.6 is 0 Å². The molecule has 1 heterocycles. The number of sulfonamides is 1. The highest BCUT2D eigenvalue weighted by molar-refractivity contribution is 7.89. The molecule has 1 saturated heterocycles. The number of nitrogens with zero attached hydrogens (tertiary/aromatic N) is 2. The maximum absolute atomic E-state index is 12.7. The standard InChI is InChI=1S/C17H26N2O5S/c1-13-6-5-9-19(11-13)17(20)12-18(2)25(21,22)14-7-8-15(23-3)16(10-14)24-4/h7-8,10,13H,5-6,9,11-12H2,1-4H3. The number of likely N-dealkylation sites (tertiary alicyclic amines) is 1. The van der Waals surface area contributed by atoms with Gasteiger partial charge in [-0.05, 0) is 30.9 Å². The fourth-order valence-corrected chi connectivity index (χ4v) is 4.08. The summed E-state index contributed by atoms with van der Waals surface area (Å²) in [4.78, 5) is 14.2. The third kappa shape index (κ3) is 4.43. The molecule has 0 spiro atoms. The molecular formula is C17H26N2O5S. The van der Waals surface area contributed by atoms with Crippen molar-refractivity contribution in [1.82, 2.24) is 9.21 Å². The summed E-state index contributed by atoms with van der Waals surface area (Å²) in [5.41, 5.74) is 0. The molecule has 1 aromatic carbocycles. The van der Waals surface area contributed by atoms with Crippen molar-refractivity contribution >= 4 is 15.9 Å². The Bertz CT molecular complexity index is 720. The van der Waals surface area contributed by atoms with Crippen LogP contribution in [0.3, 0.4) is 0 Å². The van der Waals surface area contributed by atoms with E-state index in [2.05, 4.69) is 6.92 Å². The Hall–Kier alpha value is -1.80. The van der Waals surface area contributed by atoms with E-state index in [9.17, 15) is 13.2 Å². The molecule has 1 aliphatic heterocycles. The Morgan fingerprint density at radius 2 is 1.96 bits per heavy atom. The Labute approximate surface area is 149 Å². The van der Waals surface area contributed by atoms with Crippen molar-refractivity contribution in [1.29, 1.82) is 0 Å². The van der Waals surface area contributed by atoms with Gasteiger partial charge in [0.25, 0.3) is 0 Å². The fraction of sp³-hybridized carbons (Fsp3) is 0.588. The van der Waals surface area contributed by atoms with Crippen LogP contribution in [0.5, 0.6) is 11.5 Å². The van der Waals surface area contributed by atoms with E-state index in [1.54, 1.807) is 4.90 Å². The first-order valence-corrected chi connectivity index (χ1v) is 9.69. The summed E-state index contributed by atoms with van der Waals surface area (Å²) < 4.78 is 36.8. The highest BCUT2D eigenvalue weighted by Crippen LogP contribution is 2.30. The Morgan fingerprint density at radius 1 is 1.28 bits per heavy atom. The van der Waals surface area contributed by atoms with Crippen molar-refractivity contribution in [2.24, 2.45) is 5.92 Å². The number of hydrogen-bond acceptors (Lipinski definition) is 5. The predicted molar refractivity (Wildman–Crippen MR) is 94.3 cm³/mol. The molecule has 2 rings (SSSR count). The minimum absolute atomic E-state index is 0.0625. The SMILES string of the molecule is COc1ccc(S(=O)(=O)N(C)CC(=O)N2CCCC(C)C2)cc1OC. The highest BCUT2D eigenvalue weighted by atomic mass is 32.2. The first-order valence-electron chi connectivity index (χ1n) is 8.25. The molecular weight excluding hydrogens is 344 g/mol. The first-order chi connectivity index (χ1) is 11.8. The first kappa shape index (κ1) is 19.5. The van der Waals surface area contributed by atoms with Crippen molar-refractivity contribution in [3.8, 4) is 11.5 Å². The van der Waals surface area contributed by atoms with Gasteiger partial charge in [-0.3, -0.25) is 4.79 Å². The van der Waals surface area contributed by atoms with Crippen molar-refractivity contribution in [3.63, 3.8) is 0 Å². The maximum Gasteiger partial charge on any atom is 0.243 e. The monoisotopic (exact) mass is 370 g/mol. The summed E-state index contributed by atoms with van der Waals surface area (Å²) in [5.74, 6) is 1.05. The third-order valence-corrected chi connectivity index (χ3v) is 6.23. The number of hydrogen-bond donors (Lipinski definition) is 0. The lowest BCUT2D eigenvalue weighted by molar-refractivity contribution is -0.132. The quantitative estimate of drug-likeness (QED) is 0.760. The number of methoxy groups -OCH3 is 2. The number of carbonyl (C=O) groups is 1. The van der Waals surface area contributed by atoms with E-state index < -0.39 is 10.0 Å². The van der Waals surface area contributed by atoms with E-state index in [0.29, 0.717) is 30.5 Å². The Morgan fingerprint density at radius 3 is 2.56 bits per heavy atom. The molecule has 140 valence electrons. The average molecular weight is 370 g/mol. The molecule has 0 aromatic heterocycles. The summed E-state index contributed by atoms with van der Waals surface area (Å²) in [7, 11) is 0.547. The lowest BCUT2D eigenvalue weighted by Gasteiger charge is -2.32. The van der Waals surface area contributed by atoms with Crippen LogP contribution in [0.2, 0.25) is 0 Å². The molecule has 0 saturated carbocycles. The van der Waals surface area contributed by atoms with Crippen molar-refractivity contribution in [2.75, 3.05) is 40.9 Å². The number of piperidine rings is 1. The van der Waals surface area contributed by atoms with E-state index in [-0.39, 0.29) is 17.3 Å². The lowest BCUT2D eigenvalue weighted by atomic mass is 10.0. The molecule has 7 nitrogen and oxygen atoms in total. The second-order valence-corrected chi connectivity index (χ2v) is 8.41. The van der Waals surface area contributed by atoms with Crippen molar-refractivity contribution in [2.45, 2.75) is 24.7 Å². The second kappa shape index (κ2) is 8.05. The molecule has 1 unspecified atom stereocenters. The van der Waals surface area contributed by atoms with Crippen LogP contribution in [-0.4, -0.2) is 64.4 Å². The summed E-state index contributed by atoms with van der Waals surface area (Å²) in [5, 5.41) is 0. The van der Waals surface area contributed by atoms with Gasteiger partial charge in [-0.2, -0.15) is 4.31 Å². The van der Waals surface area contributed by atoms with Crippen LogP contribution in [0.1, 0.15) is 19.8 Å². The number of likely N-dealkylation sites (N-methyl/N-ethyl adjacent to an activating group) is 1. The van der Waals surface area contributed by atoms with Gasteiger partial charge < -0.3 is 14.4 Å². The maximum atomic E-state index is 12.7. The topological polar surface area (TPSA) is 76.2 Å². The van der Waals surface area contributed by atoms with Crippen molar-refractivity contribution in [3.05, 3.63) is 18.2 Å². The zero-order valence-electron chi connectivity index (χ0n) is 15.2. The molecule has 1 amide bonds. The zero-order valence-corrected chi connectivity index (χ0v) is 16.0. The fourth-order valence-electron chi connectivity index (χ4n) is 2.95. The zero-order chi connectivity index (χ0) is 18.6. The van der Waals surface area contributed by atoms with Gasteiger partial charge in [-0.25, -0.2) is 8.42 Å². The van der Waals surface area contributed by atoms with Gasteiger partial charge in [0, 0.05) is 26.2 Å². The van der Waals surface area contributed by atoms with Gasteiger partial charge in [0.2, 0.25) is 15.9 Å². The predicted octanol–water partition coefficient (Wildman–Crippen LogP) is 1.58. The number of rotatable bonds is 6. The van der Waals surface area contributed by atoms with Crippen LogP contribution in [0.25, 0.3) is 0 Å². The van der Waals surface area contributed by atoms with Crippen LogP contribution in [0.15, 0.2) is 23.1 Å². The minimum Gasteiger partial charge on any atom is -0.493 e. The molecule has 25 heavy (non-hydrogen) atoms. The van der Waals surface area contributed by atoms with E-state index in [4.69, 9.17) is 9.47 Å². The van der Waals surface area contributed by atoms with Gasteiger partial charge in [-0.15, -0.1) is 0 Å². The molecule has 1 fully saturated rings. The molecule has 0 bridgehead atoms. The van der Waals surface area contributed by atoms with Gasteiger partial charge in [0.15, 0.2) is 11.5 Å². The minimum atomic E-state index is -3.79. The normalized spacial score (nSPS) is 18.3. The summed E-state index contributed by atoms with van der Waals surface area (Å²) in [6, 6.07) is 4.38. The molecule has 0 aliphatic carbocycles. The average Bonchev–Trinajstić information content (AvgIpc) is 2.60. The van der Waals surface area contributed by atoms with Gasteiger partial charge in [0.05, 0.1) is 25.7 Å². The molecule has 1 aromatic rings. The molecule has 8 heteroatoms. The van der Waals surface area contributed by atoms with E-state index in [1.165, 1.54) is 39.5 Å². The summed E-state index contributed by atoms with van der Waals surface area (Å²) >= 11 is 0. The van der Waals surface area contributed by atoms with Crippen molar-refractivity contribution < 1.29 is 22.7 Å². The van der Waals surface area contributed by atoms with Crippen LogP contribution in [0.4, 0.5) is 0 Å². The van der Waals surface area contributed by atoms with E-state index in [1.807, 2.05) is 0 Å². The van der Waals surface area contributed by atoms with Crippen LogP contribution in [0, 0.1) is 5.92 Å². The number of benzene rings is 1.